The molecule has 0 aliphatic carbocycles. The van der Waals surface area contributed by atoms with Crippen LogP contribution in [-0.2, 0) is 9.53 Å². The summed E-state index contributed by atoms with van der Waals surface area (Å²) in [5, 5.41) is 3.61. The van der Waals surface area contributed by atoms with Gasteiger partial charge in [0, 0.05) is 32.7 Å². The summed E-state index contributed by atoms with van der Waals surface area (Å²) in [5.41, 5.74) is 0. The molecule has 1 N–H and O–H groups in total. The van der Waals surface area contributed by atoms with Crippen LogP contribution in [0.2, 0.25) is 0 Å². The van der Waals surface area contributed by atoms with Gasteiger partial charge in [-0.2, -0.15) is 0 Å². The van der Waals surface area contributed by atoms with Crippen LogP contribution in [0, 0.1) is 17.8 Å². The first kappa shape index (κ1) is 21.0. The number of hydrogen-bond acceptors (Lipinski definition) is 4. The Morgan fingerprint density at radius 1 is 1.15 bits per heavy atom. The Bertz CT molecular complexity index is 464. The third-order valence-corrected chi connectivity index (χ3v) is 6.07. The molecule has 2 saturated heterocycles. The second kappa shape index (κ2) is 10.1. The van der Waals surface area contributed by atoms with Crippen LogP contribution in [0.1, 0.15) is 46.5 Å². The molecule has 2 aliphatic rings. The first-order valence-electron chi connectivity index (χ1n) is 10.2. The maximum atomic E-state index is 11.7. The van der Waals surface area contributed by atoms with E-state index in [2.05, 4.69) is 40.9 Å². The number of piperidine rings is 2. The quantitative estimate of drug-likeness (QED) is 0.459. The van der Waals surface area contributed by atoms with Crippen molar-refractivity contribution in [3.8, 4) is 0 Å². The number of rotatable bonds is 5. The summed E-state index contributed by atoms with van der Waals surface area (Å²) < 4.78 is 4.88. The van der Waals surface area contributed by atoms with Crippen molar-refractivity contribution in [2.75, 3.05) is 46.9 Å². The first-order chi connectivity index (χ1) is 12.5. The highest BCUT2D eigenvalue weighted by Crippen LogP contribution is 2.22. The molecule has 0 spiro atoms. The normalized spacial score (nSPS) is 22.5. The number of esters is 1. The molecule has 0 amide bonds. The molecule has 150 valence electrons. The van der Waals surface area contributed by atoms with E-state index in [4.69, 9.17) is 4.74 Å². The molecule has 0 radical (unpaired) electrons. The minimum atomic E-state index is -0.0770. The molecule has 0 aromatic heterocycles. The molecule has 1 atom stereocenters. The molecule has 2 heterocycles. The van der Waals surface area contributed by atoms with Gasteiger partial charge >= 0.3 is 5.97 Å². The van der Waals surface area contributed by atoms with Gasteiger partial charge in [0.2, 0.25) is 0 Å². The van der Waals surface area contributed by atoms with E-state index in [0.29, 0.717) is 12.0 Å². The SMILES string of the molecule is CN=C(NCC(C(C)C)N1CCC(C)CC1)N1CCC(C(=O)OC)CC1. The molecule has 6 heteroatoms. The van der Waals surface area contributed by atoms with Gasteiger partial charge in [-0.3, -0.25) is 14.7 Å². The Kier molecular flexibility index (Phi) is 8.19. The summed E-state index contributed by atoms with van der Waals surface area (Å²) in [6.45, 7) is 12.0. The van der Waals surface area contributed by atoms with Crippen molar-refractivity contribution >= 4 is 11.9 Å². The van der Waals surface area contributed by atoms with Gasteiger partial charge in [0.1, 0.15) is 0 Å². The topological polar surface area (TPSA) is 57.2 Å². The number of aliphatic imine (C=N–C) groups is 1. The largest absolute Gasteiger partial charge is 0.469 e. The smallest absolute Gasteiger partial charge is 0.308 e. The lowest BCUT2D eigenvalue weighted by atomic mass is 9.94. The monoisotopic (exact) mass is 366 g/mol. The Labute approximate surface area is 159 Å². The van der Waals surface area contributed by atoms with Crippen LogP contribution < -0.4 is 5.32 Å². The lowest BCUT2D eigenvalue weighted by Crippen LogP contribution is -2.53. The third-order valence-electron chi connectivity index (χ3n) is 6.07. The second-order valence-electron chi connectivity index (χ2n) is 8.24. The minimum absolute atomic E-state index is 0.0353. The highest BCUT2D eigenvalue weighted by atomic mass is 16.5. The third kappa shape index (κ3) is 5.60. The molecule has 0 aromatic rings. The zero-order chi connectivity index (χ0) is 19.1. The van der Waals surface area contributed by atoms with Gasteiger partial charge in [-0.1, -0.05) is 20.8 Å². The fourth-order valence-electron chi connectivity index (χ4n) is 4.17. The Morgan fingerprint density at radius 2 is 1.77 bits per heavy atom. The van der Waals surface area contributed by atoms with Gasteiger partial charge in [-0.15, -0.1) is 0 Å². The number of methoxy groups -OCH3 is 1. The van der Waals surface area contributed by atoms with Crippen molar-refractivity contribution in [2.45, 2.75) is 52.5 Å². The van der Waals surface area contributed by atoms with Crippen LogP contribution in [0.15, 0.2) is 4.99 Å². The van der Waals surface area contributed by atoms with E-state index in [1.165, 1.54) is 33.0 Å². The first-order valence-corrected chi connectivity index (χ1v) is 10.2. The van der Waals surface area contributed by atoms with Gasteiger partial charge in [0.05, 0.1) is 13.0 Å². The predicted molar refractivity (Wildman–Crippen MR) is 106 cm³/mol. The molecule has 0 saturated carbocycles. The molecule has 1 unspecified atom stereocenters. The van der Waals surface area contributed by atoms with Gasteiger partial charge in [-0.25, -0.2) is 0 Å². The van der Waals surface area contributed by atoms with E-state index in [1.807, 2.05) is 7.05 Å². The molecule has 26 heavy (non-hydrogen) atoms. The van der Waals surface area contributed by atoms with Crippen LogP contribution in [-0.4, -0.2) is 74.7 Å². The molecule has 2 aliphatic heterocycles. The fraction of sp³-hybridized carbons (Fsp3) is 0.900. The highest BCUT2D eigenvalue weighted by Gasteiger charge is 2.29. The van der Waals surface area contributed by atoms with Crippen molar-refractivity contribution in [3.05, 3.63) is 0 Å². The second-order valence-corrected chi connectivity index (χ2v) is 8.24. The molecule has 0 aromatic carbocycles. The van der Waals surface area contributed by atoms with E-state index >= 15 is 0 Å². The average molecular weight is 367 g/mol. The minimum Gasteiger partial charge on any atom is -0.469 e. The summed E-state index contributed by atoms with van der Waals surface area (Å²) in [5.74, 6) is 2.39. The number of carbonyl (C=O) groups is 1. The van der Waals surface area contributed by atoms with Gasteiger partial charge in [0.15, 0.2) is 5.96 Å². The molecule has 0 bridgehead atoms. The Hall–Kier alpha value is -1.30. The Balaban J connectivity index is 1.86. The van der Waals surface area contributed by atoms with Crippen LogP contribution in [0.5, 0.6) is 0 Å². The maximum absolute atomic E-state index is 11.7. The van der Waals surface area contributed by atoms with Crippen molar-refractivity contribution < 1.29 is 9.53 Å². The van der Waals surface area contributed by atoms with Crippen molar-refractivity contribution in [3.63, 3.8) is 0 Å². The molecular formula is C20H38N4O2. The lowest BCUT2D eigenvalue weighted by Gasteiger charge is -2.40. The summed E-state index contributed by atoms with van der Waals surface area (Å²) in [6, 6.07) is 0.534. The number of nitrogens with one attached hydrogen (secondary N) is 1. The van der Waals surface area contributed by atoms with Gasteiger partial charge < -0.3 is 15.0 Å². The molecular weight excluding hydrogens is 328 g/mol. The van der Waals surface area contributed by atoms with Gasteiger partial charge in [-0.05, 0) is 50.6 Å². The van der Waals surface area contributed by atoms with Crippen LogP contribution >= 0.6 is 0 Å². The van der Waals surface area contributed by atoms with Crippen molar-refractivity contribution in [2.24, 2.45) is 22.7 Å². The van der Waals surface area contributed by atoms with E-state index in [-0.39, 0.29) is 11.9 Å². The van der Waals surface area contributed by atoms with E-state index < -0.39 is 0 Å². The molecule has 6 nitrogen and oxygen atoms in total. The molecule has 2 rings (SSSR count). The van der Waals surface area contributed by atoms with E-state index in [9.17, 15) is 4.79 Å². The number of carbonyl (C=O) groups excluding carboxylic acids is 1. The highest BCUT2D eigenvalue weighted by molar-refractivity contribution is 5.80. The van der Waals surface area contributed by atoms with Crippen LogP contribution in [0.4, 0.5) is 0 Å². The summed E-state index contributed by atoms with van der Waals surface area (Å²) in [6.07, 6.45) is 4.29. The number of likely N-dealkylation sites (tertiary alicyclic amines) is 2. The standard InChI is InChI=1S/C20H38N4O2/c1-15(2)18(23-10-6-16(3)7-11-23)14-22-20(21-4)24-12-8-17(9-13-24)19(25)26-5/h15-18H,6-14H2,1-5H3,(H,21,22). The van der Waals surface area contributed by atoms with Crippen LogP contribution in [0.25, 0.3) is 0 Å². The van der Waals surface area contributed by atoms with Crippen molar-refractivity contribution in [1.29, 1.82) is 0 Å². The van der Waals surface area contributed by atoms with Crippen LogP contribution in [0.3, 0.4) is 0 Å². The summed E-state index contributed by atoms with van der Waals surface area (Å²) >= 11 is 0. The fourth-order valence-corrected chi connectivity index (χ4v) is 4.17. The van der Waals surface area contributed by atoms with Crippen molar-refractivity contribution in [1.82, 2.24) is 15.1 Å². The summed E-state index contributed by atoms with van der Waals surface area (Å²) in [7, 11) is 3.32. The molecule has 2 fully saturated rings. The van der Waals surface area contributed by atoms with E-state index in [0.717, 1.165) is 44.4 Å². The number of guanidine groups is 1. The summed E-state index contributed by atoms with van der Waals surface area (Å²) in [4.78, 5) is 21.1. The Morgan fingerprint density at radius 3 is 2.27 bits per heavy atom. The average Bonchev–Trinajstić information content (AvgIpc) is 2.65. The number of hydrogen-bond donors (Lipinski definition) is 1. The van der Waals surface area contributed by atoms with E-state index in [1.54, 1.807) is 0 Å². The van der Waals surface area contributed by atoms with Gasteiger partial charge in [0.25, 0.3) is 0 Å². The number of nitrogens with zero attached hydrogens (tertiary/aromatic N) is 3. The lowest BCUT2D eigenvalue weighted by molar-refractivity contribution is -0.146. The predicted octanol–water partition coefficient (Wildman–Crippen LogP) is 2.20. The number of ether oxygens (including phenoxy) is 1. The maximum Gasteiger partial charge on any atom is 0.308 e. The zero-order valence-corrected chi connectivity index (χ0v) is 17.3. The zero-order valence-electron chi connectivity index (χ0n) is 17.3.